The zero-order valence-corrected chi connectivity index (χ0v) is 11.6. The topological polar surface area (TPSA) is 59.6 Å². The number of benzene rings is 2. The number of nitrogens with zero attached hydrogens (tertiary/aromatic N) is 2. The third-order valence-corrected chi connectivity index (χ3v) is 3.30. The number of halogens is 1. The first kappa shape index (κ1) is 13.9. The average Bonchev–Trinajstić information content (AvgIpc) is 2.47. The van der Waals surface area contributed by atoms with Crippen LogP contribution in [0.3, 0.4) is 0 Å². The molecule has 3 nitrogen and oxygen atoms in total. The fourth-order valence-corrected chi connectivity index (χ4v) is 2.13. The van der Waals surface area contributed by atoms with E-state index in [1.165, 1.54) is 0 Å². The second kappa shape index (κ2) is 6.10. The van der Waals surface area contributed by atoms with Crippen LogP contribution >= 0.6 is 11.6 Å². The van der Waals surface area contributed by atoms with Crippen molar-refractivity contribution in [2.24, 2.45) is 0 Å². The van der Waals surface area contributed by atoms with E-state index in [4.69, 9.17) is 22.1 Å². The summed E-state index contributed by atoms with van der Waals surface area (Å²) in [6, 6.07) is 16.9. The van der Waals surface area contributed by atoms with Gasteiger partial charge in [-0.3, -0.25) is 0 Å². The number of nitrogens with one attached hydrogen (secondary N) is 1. The predicted molar refractivity (Wildman–Crippen MR) is 79.4 cm³/mol. The summed E-state index contributed by atoms with van der Waals surface area (Å²) in [6.07, 6.45) is 0. The van der Waals surface area contributed by atoms with Gasteiger partial charge in [-0.05, 0) is 42.8 Å². The van der Waals surface area contributed by atoms with Gasteiger partial charge < -0.3 is 5.32 Å². The van der Waals surface area contributed by atoms with E-state index in [0.29, 0.717) is 16.1 Å². The molecule has 0 spiro atoms. The minimum Gasteiger partial charge on any atom is -0.378 e. The summed E-state index contributed by atoms with van der Waals surface area (Å²) in [5.41, 5.74) is 2.94. The Balaban J connectivity index is 2.19. The van der Waals surface area contributed by atoms with Crippen LogP contribution < -0.4 is 5.32 Å². The van der Waals surface area contributed by atoms with Gasteiger partial charge in [0.25, 0.3) is 0 Å². The van der Waals surface area contributed by atoms with Gasteiger partial charge in [-0.15, -0.1) is 0 Å². The molecule has 0 fully saturated rings. The molecule has 0 aliphatic heterocycles. The Bertz CT molecular complexity index is 710. The molecule has 2 aromatic rings. The van der Waals surface area contributed by atoms with Crippen molar-refractivity contribution in [2.75, 3.05) is 5.32 Å². The molecule has 0 aliphatic rings. The van der Waals surface area contributed by atoms with Crippen molar-refractivity contribution in [1.82, 2.24) is 0 Å². The average molecular weight is 282 g/mol. The molecule has 2 rings (SSSR count). The minimum atomic E-state index is 0.0345. The predicted octanol–water partition coefficient (Wildman–Crippen LogP) is 4.26. The second-order valence-corrected chi connectivity index (χ2v) is 4.82. The zero-order valence-electron chi connectivity index (χ0n) is 10.9. The number of hydrogen-bond acceptors (Lipinski definition) is 3. The summed E-state index contributed by atoms with van der Waals surface area (Å²) >= 11 is 6.00. The van der Waals surface area contributed by atoms with Crippen LogP contribution in [0.15, 0.2) is 42.5 Å². The summed E-state index contributed by atoms with van der Waals surface area (Å²) in [7, 11) is 0. The molecule has 0 amide bonds. The van der Waals surface area contributed by atoms with Gasteiger partial charge in [-0.2, -0.15) is 10.5 Å². The van der Waals surface area contributed by atoms with Gasteiger partial charge in [0.15, 0.2) is 0 Å². The molecular formula is C16H12ClN3. The Morgan fingerprint density at radius 3 is 2.55 bits per heavy atom. The minimum absolute atomic E-state index is 0.0345. The van der Waals surface area contributed by atoms with Gasteiger partial charge >= 0.3 is 0 Å². The molecule has 0 heterocycles. The molecule has 98 valence electrons. The van der Waals surface area contributed by atoms with E-state index < -0.39 is 0 Å². The van der Waals surface area contributed by atoms with E-state index >= 15 is 0 Å². The van der Waals surface area contributed by atoms with Gasteiger partial charge in [0.05, 0.1) is 22.2 Å². The van der Waals surface area contributed by atoms with E-state index in [1.807, 2.05) is 37.3 Å². The fraction of sp³-hybridized carbons (Fsp3) is 0.125. The Hall–Kier alpha value is -2.49. The Kier molecular flexibility index (Phi) is 4.25. The van der Waals surface area contributed by atoms with Crippen molar-refractivity contribution in [3.05, 3.63) is 64.2 Å². The van der Waals surface area contributed by atoms with Crippen molar-refractivity contribution in [3.63, 3.8) is 0 Å². The third-order valence-electron chi connectivity index (χ3n) is 2.99. The van der Waals surface area contributed by atoms with Crippen LogP contribution in [0.5, 0.6) is 0 Å². The lowest BCUT2D eigenvalue weighted by atomic mass is 10.1. The zero-order chi connectivity index (χ0) is 14.5. The molecule has 0 bridgehead atoms. The molecule has 0 radical (unpaired) electrons. The van der Waals surface area contributed by atoms with Crippen molar-refractivity contribution in [3.8, 4) is 12.1 Å². The van der Waals surface area contributed by atoms with Crippen molar-refractivity contribution >= 4 is 17.3 Å². The van der Waals surface area contributed by atoms with Gasteiger partial charge in [-0.1, -0.05) is 23.7 Å². The van der Waals surface area contributed by atoms with Crippen LogP contribution in [0.2, 0.25) is 5.02 Å². The van der Waals surface area contributed by atoms with Crippen LogP contribution in [0, 0.1) is 22.7 Å². The van der Waals surface area contributed by atoms with Crippen molar-refractivity contribution in [1.29, 1.82) is 10.5 Å². The Morgan fingerprint density at radius 2 is 1.90 bits per heavy atom. The van der Waals surface area contributed by atoms with E-state index in [1.54, 1.807) is 18.2 Å². The molecule has 0 saturated heterocycles. The maximum absolute atomic E-state index is 8.91. The van der Waals surface area contributed by atoms with Crippen LogP contribution in [0.25, 0.3) is 0 Å². The van der Waals surface area contributed by atoms with Crippen LogP contribution in [-0.4, -0.2) is 0 Å². The van der Waals surface area contributed by atoms with E-state index in [2.05, 4.69) is 11.4 Å². The normalized spacial score (nSPS) is 11.2. The van der Waals surface area contributed by atoms with Gasteiger partial charge in [-0.25, -0.2) is 0 Å². The molecule has 0 aliphatic carbocycles. The van der Waals surface area contributed by atoms with Crippen molar-refractivity contribution < 1.29 is 0 Å². The van der Waals surface area contributed by atoms with Crippen molar-refractivity contribution in [2.45, 2.75) is 13.0 Å². The monoisotopic (exact) mass is 281 g/mol. The second-order valence-electron chi connectivity index (χ2n) is 4.41. The highest BCUT2D eigenvalue weighted by molar-refractivity contribution is 6.32. The first-order valence-corrected chi connectivity index (χ1v) is 6.48. The molecule has 1 N–H and O–H groups in total. The molecule has 0 saturated carbocycles. The van der Waals surface area contributed by atoms with Gasteiger partial charge in [0.1, 0.15) is 6.07 Å². The van der Waals surface area contributed by atoms with E-state index in [-0.39, 0.29) is 6.04 Å². The first-order valence-electron chi connectivity index (χ1n) is 6.10. The smallest absolute Gasteiger partial charge is 0.101 e. The third kappa shape index (κ3) is 3.09. The van der Waals surface area contributed by atoms with E-state index in [9.17, 15) is 0 Å². The lowest BCUT2D eigenvalue weighted by Gasteiger charge is -2.16. The molecule has 20 heavy (non-hydrogen) atoms. The molecule has 1 unspecified atom stereocenters. The van der Waals surface area contributed by atoms with Crippen LogP contribution in [0.4, 0.5) is 5.69 Å². The maximum atomic E-state index is 8.91. The highest BCUT2D eigenvalue weighted by Crippen LogP contribution is 2.24. The maximum Gasteiger partial charge on any atom is 0.101 e. The number of rotatable bonds is 3. The van der Waals surface area contributed by atoms with Crippen LogP contribution in [0.1, 0.15) is 29.7 Å². The highest BCUT2D eigenvalue weighted by atomic mass is 35.5. The lowest BCUT2D eigenvalue weighted by molar-refractivity contribution is 0.884. The Morgan fingerprint density at radius 1 is 1.10 bits per heavy atom. The highest BCUT2D eigenvalue weighted by Gasteiger charge is 2.07. The molecular weight excluding hydrogens is 270 g/mol. The summed E-state index contributed by atoms with van der Waals surface area (Å²) < 4.78 is 0. The summed E-state index contributed by atoms with van der Waals surface area (Å²) in [6.45, 7) is 2.00. The van der Waals surface area contributed by atoms with Gasteiger partial charge in [0.2, 0.25) is 0 Å². The quantitative estimate of drug-likeness (QED) is 0.914. The van der Waals surface area contributed by atoms with E-state index in [0.717, 1.165) is 11.3 Å². The molecule has 1 atom stereocenters. The number of nitriles is 2. The summed E-state index contributed by atoms with van der Waals surface area (Å²) in [5, 5.41) is 21.5. The standard InChI is InChI=1S/C16H12ClN3/c1-11(13-4-2-3-12(7-13)9-18)20-15-6-5-14(10-19)16(17)8-15/h2-8,11,20H,1H3. The fourth-order valence-electron chi connectivity index (χ4n) is 1.91. The number of anilines is 1. The summed E-state index contributed by atoms with van der Waals surface area (Å²) in [4.78, 5) is 0. The lowest BCUT2D eigenvalue weighted by Crippen LogP contribution is -2.06. The first-order chi connectivity index (χ1) is 9.63. The van der Waals surface area contributed by atoms with Crippen LogP contribution in [-0.2, 0) is 0 Å². The largest absolute Gasteiger partial charge is 0.378 e. The summed E-state index contributed by atoms with van der Waals surface area (Å²) in [5.74, 6) is 0. The molecule has 2 aromatic carbocycles. The Labute approximate surface area is 123 Å². The molecule has 4 heteroatoms. The van der Waals surface area contributed by atoms with Gasteiger partial charge in [0, 0.05) is 11.7 Å². The molecule has 0 aromatic heterocycles. The number of hydrogen-bond donors (Lipinski definition) is 1. The SMILES string of the molecule is CC(Nc1ccc(C#N)c(Cl)c1)c1cccc(C#N)c1.